The Morgan fingerprint density at radius 1 is 1.29 bits per heavy atom. The van der Waals surface area contributed by atoms with Crippen LogP contribution in [0.5, 0.6) is 5.75 Å². The van der Waals surface area contributed by atoms with E-state index >= 15 is 0 Å². The van der Waals surface area contributed by atoms with Crippen molar-refractivity contribution in [1.82, 2.24) is 5.32 Å². The minimum absolute atomic E-state index is 0.0996. The molecule has 0 atom stereocenters. The van der Waals surface area contributed by atoms with E-state index in [4.69, 9.17) is 9.47 Å². The topological polar surface area (TPSA) is 50.7 Å². The summed E-state index contributed by atoms with van der Waals surface area (Å²) in [7, 11) is 1.64. The highest BCUT2D eigenvalue weighted by atomic mass is 19.1. The van der Waals surface area contributed by atoms with Gasteiger partial charge in [-0.1, -0.05) is 19.9 Å². The van der Waals surface area contributed by atoms with Crippen LogP contribution in [-0.2, 0) is 11.3 Å². The predicted molar refractivity (Wildman–Crippen MR) is 81.0 cm³/mol. The van der Waals surface area contributed by atoms with E-state index in [0.717, 1.165) is 12.1 Å². The number of rotatable bonds is 10. The molecule has 0 saturated carbocycles. The molecule has 4 nitrogen and oxygen atoms in total. The average Bonchev–Trinajstić information content (AvgIpc) is 2.50. The predicted octanol–water partition coefficient (Wildman–Crippen LogP) is 2.49. The molecule has 120 valence electrons. The number of hydrogen-bond acceptors (Lipinski definition) is 4. The first-order valence-electron chi connectivity index (χ1n) is 7.38. The van der Waals surface area contributed by atoms with E-state index in [-0.39, 0.29) is 12.4 Å². The molecule has 0 spiro atoms. The highest BCUT2D eigenvalue weighted by Gasteiger charge is 2.23. The van der Waals surface area contributed by atoms with Gasteiger partial charge in [-0.2, -0.15) is 0 Å². The number of halogens is 1. The fourth-order valence-corrected chi connectivity index (χ4v) is 1.84. The van der Waals surface area contributed by atoms with Gasteiger partial charge in [0, 0.05) is 20.2 Å². The summed E-state index contributed by atoms with van der Waals surface area (Å²) >= 11 is 0. The molecule has 0 radical (unpaired) electrons. The molecule has 0 aliphatic heterocycles. The molecule has 21 heavy (non-hydrogen) atoms. The van der Waals surface area contributed by atoms with E-state index in [0.29, 0.717) is 26.0 Å². The van der Waals surface area contributed by atoms with Crippen molar-refractivity contribution in [2.24, 2.45) is 0 Å². The van der Waals surface area contributed by atoms with Crippen molar-refractivity contribution in [1.29, 1.82) is 0 Å². The third-order valence-corrected chi connectivity index (χ3v) is 3.62. The lowest BCUT2D eigenvalue weighted by Gasteiger charge is -2.25. The van der Waals surface area contributed by atoms with Crippen LogP contribution in [0.3, 0.4) is 0 Å². The number of methoxy groups -OCH3 is 1. The molecule has 0 aromatic heterocycles. The van der Waals surface area contributed by atoms with Crippen LogP contribution in [0.15, 0.2) is 18.2 Å². The molecule has 0 bridgehead atoms. The molecular formula is C16H26FNO3. The van der Waals surface area contributed by atoms with Gasteiger partial charge in [0.15, 0.2) is 11.6 Å². The quantitative estimate of drug-likeness (QED) is 0.652. The van der Waals surface area contributed by atoms with E-state index in [1.54, 1.807) is 13.2 Å². The fraction of sp³-hybridized carbons (Fsp3) is 0.625. The minimum atomic E-state index is -0.896. The minimum Gasteiger partial charge on any atom is -0.488 e. The van der Waals surface area contributed by atoms with E-state index in [1.165, 1.54) is 6.07 Å². The van der Waals surface area contributed by atoms with Crippen molar-refractivity contribution in [3.63, 3.8) is 0 Å². The number of benzene rings is 1. The van der Waals surface area contributed by atoms with Crippen LogP contribution in [0.4, 0.5) is 4.39 Å². The molecule has 5 heteroatoms. The Bertz CT molecular complexity index is 422. The highest BCUT2D eigenvalue weighted by Crippen LogP contribution is 2.22. The summed E-state index contributed by atoms with van der Waals surface area (Å²) in [6.07, 6.45) is 1.15. The largest absolute Gasteiger partial charge is 0.488 e. The third-order valence-electron chi connectivity index (χ3n) is 3.62. The van der Waals surface area contributed by atoms with Gasteiger partial charge in [0.25, 0.3) is 0 Å². The Balaban J connectivity index is 2.54. The fourth-order valence-electron chi connectivity index (χ4n) is 1.84. The number of ether oxygens (including phenoxy) is 2. The van der Waals surface area contributed by atoms with E-state index in [1.807, 2.05) is 19.9 Å². The van der Waals surface area contributed by atoms with E-state index in [2.05, 4.69) is 5.32 Å². The first kappa shape index (κ1) is 17.9. The summed E-state index contributed by atoms with van der Waals surface area (Å²) in [5.74, 6) is -0.230. The Morgan fingerprint density at radius 3 is 2.57 bits per heavy atom. The van der Waals surface area contributed by atoms with Crippen LogP contribution in [0.1, 0.15) is 32.3 Å². The number of nitrogens with one attached hydrogen (secondary N) is 1. The lowest BCUT2D eigenvalue weighted by molar-refractivity contribution is -0.0123. The maximum absolute atomic E-state index is 13.9. The molecule has 1 aromatic carbocycles. The first-order chi connectivity index (χ1) is 10.0. The average molecular weight is 299 g/mol. The van der Waals surface area contributed by atoms with Gasteiger partial charge in [0.2, 0.25) is 0 Å². The SMILES string of the molecule is CCC(O)(CC)COc1ccc(CNCCOC)cc1F. The molecule has 0 amide bonds. The zero-order valence-electron chi connectivity index (χ0n) is 13.1. The van der Waals surface area contributed by atoms with Crippen molar-refractivity contribution >= 4 is 0 Å². The maximum Gasteiger partial charge on any atom is 0.165 e. The van der Waals surface area contributed by atoms with Gasteiger partial charge in [-0.25, -0.2) is 4.39 Å². The summed E-state index contributed by atoms with van der Waals surface area (Å²) in [6.45, 7) is 5.79. The van der Waals surface area contributed by atoms with Crippen LogP contribution in [0, 0.1) is 5.82 Å². The van der Waals surface area contributed by atoms with Crippen molar-refractivity contribution in [2.75, 3.05) is 26.9 Å². The molecule has 1 aromatic rings. The van der Waals surface area contributed by atoms with Gasteiger partial charge in [-0.15, -0.1) is 0 Å². The molecular weight excluding hydrogens is 273 g/mol. The van der Waals surface area contributed by atoms with Gasteiger partial charge in [0.05, 0.1) is 12.2 Å². The number of aliphatic hydroxyl groups is 1. The van der Waals surface area contributed by atoms with Crippen molar-refractivity contribution < 1.29 is 19.0 Å². The molecule has 2 N–H and O–H groups in total. The van der Waals surface area contributed by atoms with Crippen LogP contribution in [0.2, 0.25) is 0 Å². The summed E-state index contributed by atoms with van der Waals surface area (Å²) in [4.78, 5) is 0. The zero-order valence-corrected chi connectivity index (χ0v) is 13.1. The van der Waals surface area contributed by atoms with Crippen molar-refractivity contribution in [3.8, 4) is 5.75 Å². The Hall–Kier alpha value is -1.17. The summed E-state index contributed by atoms with van der Waals surface area (Å²) in [5, 5.41) is 13.3. The van der Waals surface area contributed by atoms with Crippen molar-refractivity contribution in [2.45, 2.75) is 38.8 Å². The molecule has 0 saturated heterocycles. The summed E-state index contributed by atoms with van der Waals surface area (Å²) in [5.41, 5.74) is -0.0514. The first-order valence-corrected chi connectivity index (χ1v) is 7.38. The Labute approximate surface area is 126 Å². The highest BCUT2D eigenvalue weighted by molar-refractivity contribution is 5.29. The second kappa shape index (κ2) is 8.97. The third kappa shape index (κ3) is 5.99. The smallest absolute Gasteiger partial charge is 0.165 e. The van der Waals surface area contributed by atoms with Gasteiger partial charge >= 0.3 is 0 Å². The monoisotopic (exact) mass is 299 g/mol. The van der Waals surface area contributed by atoms with Crippen molar-refractivity contribution in [3.05, 3.63) is 29.6 Å². The lowest BCUT2D eigenvalue weighted by atomic mass is 9.99. The van der Waals surface area contributed by atoms with Crippen LogP contribution < -0.4 is 10.1 Å². The molecule has 0 fully saturated rings. The molecule has 0 aliphatic carbocycles. The second-order valence-electron chi connectivity index (χ2n) is 5.15. The zero-order chi connectivity index (χ0) is 15.7. The van der Waals surface area contributed by atoms with Crippen LogP contribution in [-0.4, -0.2) is 37.6 Å². The maximum atomic E-state index is 13.9. The second-order valence-corrected chi connectivity index (χ2v) is 5.15. The lowest BCUT2D eigenvalue weighted by Crippen LogP contribution is -2.34. The number of hydrogen-bond donors (Lipinski definition) is 2. The Kier molecular flexibility index (Phi) is 7.64. The normalized spacial score (nSPS) is 11.7. The molecule has 0 aliphatic rings. The van der Waals surface area contributed by atoms with Gasteiger partial charge in [0.1, 0.15) is 6.61 Å². The summed E-state index contributed by atoms with van der Waals surface area (Å²) in [6, 6.07) is 4.87. The standard InChI is InChI=1S/C16H26FNO3/c1-4-16(19,5-2)12-21-15-7-6-13(10-14(15)17)11-18-8-9-20-3/h6-7,10,18-19H,4-5,8-9,11-12H2,1-3H3. The van der Waals surface area contributed by atoms with E-state index < -0.39 is 11.4 Å². The Morgan fingerprint density at radius 2 is 2.00 bits per heavy atom. The van der Waals surface area contributed by atoms with Crippen LogP contribution in [0.25, 0.3) is 0 Å². The molecule has 1 rings (SSSR count). The summed E-state index contributed by atoms with van der Waals surface area (Å²) < 4.78 is 24.3. The van der Waals surface area contributed by atoms with Gasteiger partial charge in [-0.05, 0) is 30.5 Å². The van der Waals surface area contributed by atoms with Crippen LogP contribution >= 0.6 is 0 Å². The van der Waals surface area contributed by atoms with E-state index in [9.17, 15) is 9.50 Å². The molecule has 0 unspecified atom stereocenters. The molecule has 0 heterocycles. The van der Waals surface area contributed by atoms with Gasteiger partial charge < -0.3 is 19.9 Å². The van der Waals surface area contributed by atoms with Gasteiger partial charge in [-0.3, -0.25) is 0 Å².